The quantitative estimate of drug-likeness (QED) is 0.174. The molecule has 5 nitrogen and oxygen atoms in total. The van der Waals surface area contributed by atoms with Crippen LogP contribution in [0.15, 0.2) is 65.1 Å². The molecule has 1 N–H and O–H groups in total. The summed E-state index contributed by atoms with van der Waals surface area (Å²) in [6.07, 6.45) is 1.75. The fourth-order valence-electron chi connectivity index (χ4n) is 2.95. The molecule has 7 heteroatoms. The number of rotatable bonds is 8. The van der Waals surface area contributed by atoms with Gasteiger partial charge < -0.3 is 14.6 Å². The number of aromatic carboxylic acids is 1. The van der Waals surface area contributed by atoms with Gasteiger partial charge >= 0.3 is 5.97 Å². The van der Waals surface area contributed by atoms with Crippen LogP contribution < -0.4 is 9.47 Å². The van der Waals surface area contributed by atoms with Gasteiger partial charge in [-0.05, 0) is 88.7 Å². The predicted molar refractivity (Wildman–Crippen MR) is 136 cm³/mol. The van der Waals surface area contributed by atoms with Crippen molar-refractivity contribution in [3.8, 4) is 17.6 Å². The minimum absolute atomic E-state index is 0.173. The molecule has 162 valence electrons. The van der Waals surface area contributed by atoms with Gasteiger partial charge in [0.25, 0.3) is 0 Å². The van der Waals surface area contributed by atoms with Crippen LogP contribution >= 0.6 is 38.5 Å². The number of carboxylic acid groups (broad SMARTS) is 1. The van der Waals surface area contributed by atoms with E-state index in [-0.39, 0.29) is 5.56 Å². The lowest BCUT2D eigenvalue weighted by molar-refractivity contribution is 0.0697. The monoisotopic (exact) mass is 603 g/mol. The van der Waals surface area contributed by atoms with E-state index in [1.165, 1.54) is 12.1 Å². The Labute approximate surface area is 208 Å². The van der Waals surface area contributed by atoms with E-state index in [0.29, 0.717) is 35.8 Å². The molecule has 0 bridgehead atoms. The minimum Gasteiger partial charge on any atom is -0.490 e. The van der Waals surface area contributed by atoms with Crippen LogP contribution in [0.3, 0.4) is 0 Å². The molecule has 0 aliphatic rings. The van der Waals surface area contributed by atoms with Crippen molar-refractivity contribution in [1.82, 2.24) is 0 Å². The highest BCUT2D eigenvalue weighted by Gasteiger charge is 2.13. The standard InChI is InChI=1S/C25H19BrINO4/c1-2-31-23-13-17(11-20(14-28)18-5-7-19(8-6-18)25(29)30)12-22(27)24(23)32-15-16-3-9-21(26)10-4-16/h3-13H,2,15H2,1H3,(H,29,30)/b20-11-. The van der Waals surface area contributed by atoms with E-state index in [1.54, 1.807) is 18.2 Å². The Morgan fingerprint density at radius 3 is 2.34 bits per heavy atom. The Bertz CT molecular complexity index is 1180. The van der Waals surface area contributed by atoms with Crippen LogP contribution in [0.2, 0.25) is 0 Å². The van der Waals surface area contributed by atoms with Crippen LogP contribution in [0.1, 0.15) is 34.0 Å². The van der Waals surface area contributed by atoms with Gasteiger partial charge in [0.15, 0.2) is 11.5 Å². The highest BCUT2D eigenvalue weighted by molar-refractivity contribution is 14.1. The Balaban J connectivity index is 1.90. The van der Waals surface area contributed by atoms with Gasteiger partial charge in [-0.25, -0.2) is 4.79 Å². The second-order valence-electron chi connectivity index (χ2n) is 6.73. The van der Waals surface area contributed by atoms with Crippen LogP contribution in [0.4, 0.5) is 0 Å². The fourth-order valence-corrected chi connectivity index (χ4v) is 4.00. The van der Waals surface area contributed by atoms with Crippen molar-refractivity contribution in [2.24, 2.45) is 0 Å². The lowest BCUT2D eigenvalue weighted by Crippen LogP contribution is -2.02. The average molecular weight is 604 g/mol. The first-order valence-electron chi connectivity index (χ1n) is 9.70. The first-order valence-corrected chi connectivity index (χ1v) is 11.6. The van der Waals surface area contributed by atoms with E-state index in [9.17, 15) is 10.1 Å². The summed E-state index contributed by atoms with van der Waals surface area (Å²) in [6, 6.07) is 20.1. The van der Waals surface area contributed by atoms with Crippen LogP contribution in [0, 0.1) is 14.9 Å². The molecule has 0 radical (unpaired) electrons. The summed E-state index contributed by atoms with van der Waals surface area (Å²) in [5.74, 6) is 0.242. The molecule has 0 saturated heterocycles. The Hall–Kier alpha value is -2.83. The number of benzene rings is 3. The molecular weight excluding hydrogens is 585 g/mol. The molecule has 0 aliphatic carbocycles. The molecule has 32 heavy (non-hydrogen) atoms. The zero-order valence-electron chi connectivity index (χ0n) is 17.1. The van der Waals surface area contributed by atoms with Crippen molar-refractivity contribution in [3.63, 3.8) is 0 Å². The van der Waals surface area contributed by atoms with Gasteiger partial charge in [0, 0.05) is 4.47 Å². The maximum atomic E-state index is 11.1. The first-order chi connectivity index (χ1) is 15.4. The van der Waals surface area contributed by atoms with Gasteiger partial charge in [-0.2, -0.15) is 5.26 Å². The second-order valence-corrected chi connectivity index (χ2v) is 8.81. The molecule has 0 fully saturated rings. The molecule has 0 heterocycles. The number of ether oxygens (including phenoxy) is 2. The van der Waals surface area contributed by atoms with Gasteiger partial charge in [-0.1, -0.05) is 40.2 Å². The fraction of sp³-hybridized carbons (Fsp3) is 0.120. The third-order valence-electron chi connectivity index (χ3n) is 4.50. The van der Waals surface area contributed by atoms with Gasteiger partial charge in [0.05, 0.1) is 27.4 Å². The molecule has 3 aromatic rings. The molecule has 0 aliphatic heterocycles. The summed E-state index contributed by atoms with van der Waals surface area (Å²) in [5, 5.41) is 18.7. The second kappa shape index (κ2) is 11.2. The molecule has 0 spiro atoms. The van der Waals surface area contributed by atoms with E-state index in [2.05, 4.69) is 44.6 Å². The predicted octanol–water partition coefficient (Wildman–Crippen LogP) is 6.79. The number of allylic oxidation sites excluding steroid dienone is 1. The molecule has 0 aromatic heterocycles. The average Bonchev–Trinajstić information content (AvgIpc) is 2.78. The van der Waals surface area contributed by atoms with Crippen molar-refractivity contribution in [3.05, 3.63) is 91.0 Å². The number of halogens is 2. The summed E-state index contributed by atoms with van der Waals surface area (Å²) in [4.78, 5) is 11.1. The lowest BCUT2D eigenvalue weighted by Gasteiger charge is -2.15. The third-order valence-corrected chi connectivity index (χ3v) is 5.83. The lowest BCUT2D eigenvalue weighted by atomic mass is 10.0. The van der Waals surface area contributed by atoms with Gasteiger partial charge in [0.1, 0.15) is 6.61 Å². The zero-order valence-corrected chi connectivity index (χ0v) is 20.9. The number of nitrogens with zero attached hydrogens (tertiary/aromatic N) is 1. The summed E-state index contributed by atoms with van der Waals surface area (Å²) in [6.45, 7) is 2.77. The molecule has 3 aromatic carbocycles. The largest absolute Gasteiger partial charge is 0.490 e. The van der Waals surface area contributed by atoms with E-state index < -0.39 is 5.97 Å². The van der Waals surface area contributed by atoms with E-state index >= 15 is 0 Å². The number of hydrogen-bond donors (Lipinski definition) is 1. The topological polar surface area (TPSA) is 79.5 Å². The molecular formula is C25H19BrINO4. The van der Waals surface area contributed by atoms with E-state index in [0.717, 1.165) is 19.2 Å². The molecule has 0 unspecified atom stereocenters. The van der Waals surface area contributed by atoms with Crippen LogP contribution in [-0.4, -0.2) is 17.7 Å². The Kier molecular flexibility index (Phi) is 8.31. The zero-order chi connectivity index (χ0) is 23.1. The normalized spacial score (nSPS) is 11.0. The van der Waals surface area contributed by atoms with Crippen LogP contribution in [0.25, 0.3) is 11.6 Å². The first kappa shape index (κ1) is 23.8. The summed E-state index contributed by atoms with van der Waals surface area (Å²) in [7, 11) is 0. The van der Waals surface area contributed by atoms with Gasteiger partial charge in [-0.3, -0.25) is 0 Å². The van der Waals surface area contributed by atoms with Crippen molar-refractivity contribution >= 4 is 56.1 Å². The number of hydrogen-bond acceptors (Lipinski definition) is 4. The molecule has 3 rings (SSSR count). The SMILES string of the molecule is CCOc1cc(/C=C(/C#N)c2ccc(C(=O)O)cc2)cc(I)c1OCc1ccc(Br)cc1. The molecule has 0 saturated carbocycles. The molecule has 0 atom stereocenters. The van der Waals surface area contributed by atoms with Crippen LogP contribution in [0.5, 0.6) is 11.5 Å². The maximum Gasteiger partial charge on any atom is 0.335 e. The number of carbonyl (C=O) groups is 1. The van der Waals surface area contributed by atoms with Gasteiger partial charge in [0.2, 0.25) is 0 Å². The van der Waals surface area contributed by atoms with E-state index in [1.807, 2.05) is 43.3 Å². The Morgan fingerprint density at radius 1 is 1.09 bits per heavy atom. The summed E-state index contributed by atoms with van der Waals surface area (Å²) < 4.78 is 13.7. The highest BCUT2D eigenvalue weighted by Crippen LogP contribution is 2.36. The Morgan fingerprint density at radius 2 is 1.75 bits per heavy atom. The van der Waals surface area contributed by atoms with Crippen molar-refractivity contribution in [2.75, 3.05) is 6.61 Å². The number of nitriles is 1. The summed E-state index contributed by atoms with van der Waals surface area (Å²) >= 11 is 5.62. The van der Waals surface area contributed by atoms with Crippen molar-refractivity contribution in [2.45, 2.75) is 13.5 Å². The highest BCUT2D eigenvalue weighted by atomic mass is 127. The summed E-state index contributed by atoms with van der Waals surface area (Å²) in [5.41, 5.74) is 3.05. The smallest absolute Gasteiger partial charge is 0.335 e. The van der Waals surface area contributed by atoms with Crippen molar-refractivity contribution in [1.29, 1.82) is 5.26 Å². The van der Waals surface area contributed by atoms with Crippen LogP contribution in [-0.2, 0) is 6.61 Å². The number of carboxylic acids is 1. The molecule has 0 amide bonds. The third kappa shape index (κ3) is 6.11. The van der Waals surface area contributed by atoms with Crippen molar-refractivity contribution < 1.29 is 19.4 Å². The minimum atomic E-state index is -1.01. The van der Waals surface area contributed by atoms with Gasteiger partial charge in [-0.15, -0.1) is 0 Å². The van der Waals surface area contributed by atoms with E-state index in [4.69, 9.17) is 14.6 Å². The maximum absolute atomic E-state index is 11.1.